The number of carbonyl (C=O) groups excluding carboxylic acids is 1. The smallest absolute Gasteiger partial charge is 0.384 e. The molecule has 74 valence electrons. The van der Waals surface area contributed by atoms with Crippen LogP contribution in [0.5, 0.6) is 0 Å². The fourth-order valence-electron chi connectivity index (χ4n) is 1.11. The van der Waals surface area contributed by atoms with Crippen LogP contribution in [0, 0.1) is 11.8 Å². The first kappa shape index (κ1) is 9.28. The van der Waals surface area contributed by atoms with Crippen molar-refractivity contribution in [3.63, 3.8) is 0 Å². The van der Waals surface area contributed by atoms with Crippen molar-refractivity contribution in [1.29, 1.82) is 0 Å². The van der Waals surface area contributed by atoms with E-state index in [2.05, 4.69) is 21.6 Å². The number of hydrogen-bond donors (Lipinski definition) is 0. The van der Waals surface area contributed by atoms with Crippen molar-refractivity contribution >= 4 is 17.1 Å². The number of ether oxygens (including phenoxy) is 1. The van der Waals surface area contributed by atoms with Gasteiger partial charge < -0.3 is 9.15 Å². The number of carbonyl (C=O) groups is 1. The summed E-state index contributed by atoms with van der Waals surface area (Å²) in [6.07, 6.45) is 1.36. The van der Waals surface area contributed by atoms with Crippen molar-refractivity contribution in [3.8, 4) is 11.8 Å². The average Bonchev–Trinajstić information content (AvgIpc) is 2.72. The molecule has 0 spiro atoms. The molecule has 0 atom stereocenters. The molecule has 0 aliphatic carbocycles. The molecule has 0 bridgehead atoms. The van der Waals surface area contributed by atoms with Gasteiger partial charge in [0.1, 0.15) is 5.52 Å². The van der Waals surface area contributed by atoms with Crippen LogP contribution in [0.2, 0.25) is 0 Å². The monoisotopic (exact) mass is 201 g/mol. The Morgan fingerprint density at radius 3 is 3.20 bits per heavy atom. The first-order chi connectivity index (χ1) is 7.29. The number of benzene rings is 1. The van der Waals surface area contributed by atoms with Crippen LogP contribution in [-0.2, 0) is 9.53 Å². The molecule has 0 N–H and O–H groups in total. The zero-order valence-corrected chi connectivity index (χ0v) is 7.98. The zero-order valence-electron chi connectivity index (χ0n) is 7.98. The van der Waals surface area contributed by atoms with Crippen molar-refractivity contribution in [2.45, 2.75) is 0 Å². The summed E-state index contributed by atoms with van der Waals surface area (Å²) >= 11 is 0. The van der Waals surface area contributed by atoms with Gasteiger partial charge in [0, 0.05) is 11.5 Å². The number of fused-ring (bicyclic) bond motifs is 1. The molecule has 4 nitrogen and oxygen atoms in total. The second-order valence-corrected chi connectivity index (χ2v) is 2.78. The van der Waals surface area contributed by atoms with E-state index in [0.717, 1.165) is 0 Å². The zero-order chi connectivity index (χ0) is 10.7. The highest BCUT2D eigenvalue weighted by molar-refractivity contribution is 5.89. The average molecular weight is 201 g/mol. The lowest BCUT2D eigenvalue weighted by Crippen LogP contribution is -1.94. The van der Waals surface area contributed by atoms with Crippen LogP contribution in [0.25, 0.3) is 11.1 Å². The Kier molecular flexibility index (Phi) is 2.38. The molecule has 15 heavy (non-hydrogen) atoms. The van der Waals surface area contributed by atoms with E-state index in [9.17, 15) is 4.79 Å². The largest absolute Gasteiger partial charge is 0.459 e. The molecule has 1 heterocycles. The molecule has 1 aromatic carbocycles. The maximum Gasteiger partial charge on any atom is 0.384 e. The normalized spacial score (nSPS) is 9.40. The third-order valence-electron chi connectivity index (χ3n) is 1.82. The van der Waals surface area contributed by atoms with Crippen LogP contribution >= 0.6 is 0 Å². The Hall–Kier alpha value is -2.28. The SMILES string of the molecule is COC(=O)C#Cc1ccc2ocnc2c1. The number of oxazole rings is 1. The van der Waals surface area contributed by atoms with E-state index in [4.69, 9.17) is 4.42 Å². The Balaban J connectivity index is 2.35. The van der Waals surface area contributed by atoms with Crippen LogP contribution < -0.4 is 0 Å². The van der Waals surface area contributed by atoms with Crippen molar-refractivity contribution in [2.75, 3.05) is 7.11 Å². The highest BCUT2D eigenvalue weighted by Gasteiger charge is 1.98. The first-order valence-corrected chi connectivity index (χ1v) is 4.23. The maximum atomic E-state index is 10.8. The number of aromatic nitrogens is 1. The fraction of sp³-hybridized carbons (Fsp3) is 0.0909. The lowest BCUT2D eigenvalue weighted by molar-refractivity contribution is -0.133. The molecule has 0 saturated heterocycles. The van der Waals surface area contributed by atoms with Gasteiger partial charge in [-0.15, -0.1) is 0 Å². The minimum atomic E-state index is -0.560. The van der Waals surface area contributed by atoms with Gasteiger partial charge in [0.05, 0.1) is 7.11 Å². The maximum absolute atomic E-state index is 10.8. The third kappa shape index (κ3) is 1.97. The van der Waals surface area contributed by atoms with Crippen LogP contribution in [0.15, 0.2) is 29.0 Å². The molecule has 0 amide bonds. The van der Waals surface area contributed by atoms with Crippen molar-refractivity contribution in [1.82, 2.24) is 4.98 Å². The number of esters is 1. The van der Waals surface area contributed by atoms with Crippen molar-refractivity contribution < 1.29 is 13.9 Å². The summed E-state index contributed by atoms with van der Waals surface area (Å²) in [6, 6.07) is 5.25. The second-order valence-electron chi connectivity index (χ2n) is 2.78. The lowest BCUT2D eigenvalue weighted by atomic mass is 10.2. The van der Waals surface area contributed by atoms with E-state index in [0.29, 0.717) is 16.7 Å². The Labute approximate surface area is 85.9 Å². The van der Waals surface area contributed by atoms with Gasteiger partial charge in [-0.3, -0.25) is 0 Å². The highest BCUT2D eigenvalue weighted by atomic mass is 16.5. The van der Waals surface area contributed by atoms with Gasteiger partial charge in [-0.05, 0) is 18.2 Å². The van der Waals surface area contributed by atoms with E-state index < -0.39 is 5.97 Å². The quantitative estimate of drug-likeness (QED) is 0.477. The summed E-state index contributed by atoms with van der Waals surface area (Å²) < 4.78 is 9.47. The molecule has 1 aromatic heterocycles. The highest BCUT2D eigenvalue weighted by Crippen LogP contribution is 2.13. The Morgan fingerprint density at radius 2 is 2.40 bits per heavy atom. The van der Waals surface area contributed by atoms with Crippen LogP contribution in [-0.4, -0.2) is 18.1 Å². The Bertz CT molecular complexity index is 560. The van der Waals surface area contributed by atoms with E-state index in [1.807, 2.05) is 0 Å². The van der Waals surface area contributed by atoms with E-state index in [1.54, 1.807) is 18.2 Å². The third-order valence-corrected chi connectivity index (χ3v) is 1.82. The summed E-state index contributed by atoms with van der Waals surface area (Å²) in [6.45, 7) is 0. The molecular weight excluding hydrogens is 194 g/mol. The molecule has 2 rings (SSSR count). The summed E-state index contributed by atoms with van der Waals surface area (Å²) in [5, 5.41) is 0. The summed E-state index contributed by atoms with van der Waals surface area (Å²) in [5.74, 6) is 4.45. The van der Waals surface area contributed by atoms with Crippen LogP contribution in [0.4, 0.5) is 0 Å². The second kappa shape index (κ2) is 3.84. The summed E-state index contributed by atoms with van der Waals surface area (Å²) in [7, 11) is 1.29. The molecule has 4 heteroatoms. The predicted octanol–water partition coefficient (Wildman–Crippen LogP) is 1.35. The summed E-state index contributed by atoms with van der Waals surface area (Å²) in [5.41, 5.74) is 2.10. The van der Waals surface area contributed by atoms with E-state index >= 15 is 0 Å². The molecule has 0 aliphatic rings. The first-order valence-electron chi connectivity index (χ1n) is 4.23. The van der Waals surface area contributed by atoms with Gasteiger partial charge >= 0.3 is 5.97 Å². The van der Waals surface area contributed by atoms with Gasteiger partial charge in [-0.25, -0.2) is 9.78 Å². The lowest BCUT2D eigenvalue weighted by Gasteiger charge is -1.89. The molecule has 0 saturated carbocycles. The molecule has 0 aliphatic heterocycles. The standard InChI is InChI=1S/C11H7NO3/c1-14-11(13)5-3-8-2-4-10-9(6-8)12-7-15-10/h2,4,6-7H,1H3. The molecule has 2 aromatic rings. The van der Waals surface area contributed by atoms with Gasteiger partial charge in [-0.2, -0.15) is 0 Å². The van der Waals surface area contributed by atoms with E-state index in [-0.39, 0.29) is 0 Å². The molecular formula is C11H7NO3. The minimum Gasteiger partial charge on any atom is -0.459 e. The predicted molar refractivity (Wildman–Crippen MR) is 52.9 cm³/mol. The number of nitrogens with zero attached hydrogens (tertiary/aromatic N) is 1. The summed E-state index contributed by atoms with van der Waals surface area (Å²) in [4.78, 5) is 14.7. The van der Waals surface area contributed by atoms with E-state index in [1.165, 1.54) is 13.5 Å². The molecule has 0 fully saturated rings. The van der Waals surface area contributed by atoms with Crippen LogP contribution in [0.1, 0.15) is 5.56 Å². The topological polar surface area (TPSA) is 52.3 Å². The number of rotatable bonds is 0. The number of hydrogen-bond acceptors (Lipinski definition) is 4. The minimum absolute atomic E-state index is 0.560. The number of methoxy groups -OCH3 is 1. The molecule has 0 unspecified atom stereocenters. The molecule has 0 radical (unpaired) electrons. The Morgan fingerprint density at radius 1 is 1.53 bits per heavy atom. The van der Waals surface area contributed by atoms with Gasteiger partial charge in [0.2, 0.25) is 0 Å². The van der Waals surface area contributed by atoms with Crippen LogP contribution in [0.3, 0.4) is 0 Å². The van der Waals surface area contributed by atoms with Gasteiger partial charge in [0.15, 0.2) is 12.0 Å². The van der Waals surface area contributed by atoms with Crippen molar-refractivity contribution in [3.05, 3.63) is 30.2 Å². The van der Waals surface area contributed by atoms with Gasteiger partial charge in [0.25, 0.3) is 0 Å². The van der Waals surface area contributed by atoms with Gasteiger partial charge in [-0.1, -0.05) is 5.92 Å². The van der Waals surface area contributed by atoms with Crippen molar-refractivity contribution in [2.24, 2.45) is 0 Å². The fourth-order valence-corrected chi connectivity index (χ4v) is 1.11.